The molecule has 1 aromatic heterocycles. The van der Waals surface area contributed by atoms with Crippen molar-refractivity contribution >= 4 is 29.1 Å². The van der Waals surface area contributed by atoms with E-state index >= 15 is 0 Å². The Morgan fingerprint density at radius 1 is 1.30 bits per heavy atom. The Bertz CT molecular complexity index is 658. The zero-order valence-corrected chi connectivity index (χ0v) is 14.4. The number of hydrogen-bond acceptors (Lipinski definition) is 1. The molecule has 0 fully saturated rings. The molecule has 124 valence electrons. The third-order valence-corrected chi connectivity index (χ3v) is 3.88. The summed E-state index contributed by atoms with van der Waals surface area (Å²) in [6.45, 7) is 3.54. The highest BCUT2D eigenvalue weighted by Crippen LogP contribution is 2.15. The minimum absolute atomic E-state index is 0.258. The highest BCUT2D eigenvalue weighted by atomic mass is 35.5. The van der Waals surface area contributed by atoms with Gasteiger partial charge >= 0.3 is 0 Å². The third-order valence-electron chi connectivity index (χ3n) is 3.51. The highest BCUT2D eigenvalue weighted by molar-refractivity contribution is 6.53. The van der Waals surface area contributed by atoms with Crippen LogP contribution in [0.15, 0.2) is 42.6 Å². The standard InChI is InChI=1S/C17H19Cl2FN2O/c1-2-8-22(17(23)16(18)19)12-15-7-4-9-21(15)11-13-5-3-6-14(20)10-13/h3-7,9-10,16H,2,8,11-12H2,1H3. The van der Waals surface area contributed by atoms with Crippen LogP contribution in [0, 0.1) is 5.82 Å². The first-order valence-corrected chi connectivity index (χ1v) is 8.34. The minimum Gasteiger partial charge on any atom is -0.345 e. The number of halogens is 3. The molecule has 0 N–H and O–H groups in total. The average molecular weight is 357 g/mol. The number of carbonyl (C=O) groups is 1. The summed E-state index contributed by atoms with van der Waals surface area (Å²) < 4.78 is 15.3. The van der Waals surface area contributed by atoms with E-state index in [9.17, 15) is 9.18 Å². The van der Waals surface area contributed by atoms with E-state index in [4.69, 9.17) is 23.2 Å². The third kappa shape index (κ3) is 4.98. The van der Waals surface area contributed by atoms with E-state index in [1.165, 1.54) is 12.1 Å². The van der Waals surface area contributed by atoms with Gasteiger partial charge < -0.3 is 9.47 Å². The van der Waals surface area contributed by atoms with E-state index in [1.807, 2.05) is 35.9 Å². The zero-order chi connectivity index (χ0) is 16.8. The van der Waals surface area contributed by atoms with Gasteiger partial charge in [-0.05, 0) is 36.2 Å². The number of nitrogens with zero attached hydrogens (tertiary/aromatic N) is 2. The molecular weight excluding hydrogens is 338 g/mol. The fraction of sp³-hybridized carbons (Fsp3) is 0.353. The van der Waals surface area contributed by atoms with E-state index < -0.39 is 4.84 Å². The molecule has 0 unspecified atom stereocenters. The first-order valence-electron chi connectivity index (χ1n) is 7.46. The van der Waals surface area contributed by atoms with Crippen molar-refractivity contribution in [2.75, 3.05) is 6.54 Å². The smallest absolute Gasteiger partial charge is 0.256 e. The maximum atomic E-state index is 13.3. The lowest BCUT2D eigenvalue weighted by atomic mass is 10.2. The number of rotatable bonds is 7. The summed E-state index contributed by atoms with van der Waals surface area (Å²) in [5.41, 5.74) is 1.81. The average Bonchev–Trinajstić information content (AvgIpc) is 2.93. The monoisotopic (exact) mass is 356 g/mol. The van der Waals surface area contributed by atoms with E-state index in [-0.39, 0.29) is 11.7 Å². The van der Waals surface area contributed by atoms with Crippen LogP contribution in [-0.2, 0) is 17.9 Å². The lowest BCUT2D eigenvalue weighted by molar-refractivity contribution is -0.130. The largest absolute Gasteiger partial charge is 0.345 e. The lowest BCUT2D eigenvalue weighted by Crippen LogP contribution is -2.35. The SMILES string of the molecule is CCCN(Cc1cccn1Cc1cccc(F)c1)C(=O)C(Cl)Cl. The molecule has 0 radical (unpaired) electrons. The second kappa shape index (κ2) is 8.37. The number of benzene rings is 1. The summed E-state index contributed by atoms with van der Waals surface area (Å²) in [6.07, 6.45) is 2.73. The molecular formula is C17H19Cl2FN2O. The van der Waals surface area contributed by atoms with Crippen LogP contribution >= 0.6 is 23.2 Å². The lowest BCUT2D eigenvalue weighted by Gasteiger charge is -2.23. The van der Waals surface area contributed by atoms with E-state index in [0.29, 0.717) is 19.6 Å². The van der Waals surface area contributed by atoms with Crippen LogP contribution < -0.4 is 0 Å². The molecule has 0 aliphatic rings. The minimum atomic E-state index is -1.06. The van der Waals surface area contributed by atoms with E-state index in [0.717, 1.165) is 17.7 Å². The van der Waals surface area contributed by atoms with Crippen molar-refractivity contribution in [1.82, 2.24) is 9.47 Å². The van der Waals surface area contributed by atoms with Gasteiger partial charge in [0.15, 0.2) is 4.84 Å². The predicted molar refractivity (Wildman–Crippen MR) is 91.1 cm³/mol. The summed E-state index contributed by atoms with van der Waals surface area (Å²) in [4.78, 5) is 12.7. The molecule has 1 amide bonds. The van der Waals surface area contributed by atoms with Crippen LogP contribution in [0.1, 0.15) is 24.6 Å². The normalized spacial score (nSPS) is 11.0. The molecule has 1 heterocycles. The molecule has 0 aliphatic heterocycles. The Morgan fingerprint density at radius 3 is 2.74 bits per heavy atom. The van der Waals surface area contributed by atoms with Crippen molar-refractivity contribution in [1.29, 1.82) is 0 Å². The Morgan fingerprint density at radius 2 is 2.09 bits per heavy atom. The van der Waals surface area contributed by atoms with E-state index in [1.54, 1.807) is 11.0 Å². The quantitative estimate of drug-likeness (QED) is 0.682. The Balaban J connectivity index is 2.14. The second-order valence-electron chi connectivity index (χ2n) is 5.32. The Kier molecular flexibility index (Phi) is 6.48. The maximum Gasteiger partial charge on any atom is 0.256 e. The van der Waals surface area contributed by atoms with Gasteiger partial charge in [0.2, 0.25) is 0 Å². The van der Waals surface area contributed by atoms with Crippen LogP contribution in [0.5, 0.6) is 0 Å². The highest BCUT2D eigenvalue weighted by Gasteiger charge is 2.20. The molecule has 0 atom stereocenters. The molecule has 0 bridgehead atoms. The van der Waals surface area contributed by atoms with Crippen molar-refractivity contribution in [3.05, 3.63) is 59.7 Å². The van der Waals surface area contributed by atoms with Crippen LogP contribution in [-0.4, -0.2) is 26.8 Å². The first kappa shape index (κ1) is 17.8. The van der Waals surface area contributed by atoms with Crippen molar-refractivity contribution in [3.8, 4) is 0 Å². The van der Waals surface area contributed by atoms with Crippen molar-refractivity contribution in [3.63, 3.8) is 0 Å². The van der Waals surface area contributed by atoms with Gasteiger partial charge in [-0.2, -0.15) is 0 Å². The fourth-order valence-electron chi connectivity index (χ4n) is 2.45. The summed E-state index contributed by atoms with van der Waals surface area (Å²) >= 11 is 11.4. The van der Waals surface area contributed by atoms with Crippen LogP contribution in [0.3, 0.4) is 0 Å². The van der Waals surface area contributed by atoms with Gasteiger partial charge in [-0.25, -0.2) is 4.39 Å². The molecule has 6 heteroatoms. The van der Waals surface area contributed by atoms with Crippen LogP contribution in [0.25, 0.3) is 0 Å². The predicted octanol–water partition coefficient (Wildman–Crippen LogP) is 4.22. The van der Waals surface area contributed by atoms with E-state index in [2.05, 4.69) is 0 Å². The molecule has 0 aliphatic carbocycles. The summed E-state index contributed by atoms with van der Waals surface area (Å²) in [7, 11) is 0. The van der Waals surface area contributed by atoms with Crippen LogP contribution in [0.2, 0.25) is 0 Å². The zero-order valence-electron chi connectivity index (χ0n) is 12.9. The molecule has 0 spiro atoms. The van der Waals surface area contributed by atoms with Gasteiger partial charge in [0.25, 0.3) is 5.91 Å². The number of alkyl halides is 2. The second-order valence-corrected chi connectivity index (χ2v) is 6.41. The molecule has 3 nitrogen and oxygen atoms in total. The fourth-order valence-corrected chi connectivity index (χ4v) is 2.73. The number of amides is 1. The molecule has 2 aromatic rings. The van der Waals surface area contributed by atoms with Gasteiger partial charge in [0.05, 0.1) is 6.54 Å². The van der Waals surface area contributed by atoms with Gasteiger partial charge in [-0.1, -0.05) is 42.3 Å². The number of carbonyl (C=O) groups excluding carboxylic acids is 1. The van der Waals surface area contributed by atoms with Gasteiger partial charge in [0.1, 0.15) is 5.82 Å². The van der Waals surface area contributed by atoms with Crippen LogP contribution in [0.4, 0.5) is 4.39 Å². The number of aromatic nitrogens is 1. The van der Waals surface area contributed by atoms with Crippen molar-refractivity contribution in [2.24, 2.45) is 0 Å². The van der Waals surface area contributed by atoms with Gasteiger partial charge in [0, 0.05) is 25.0 Å². The molecule has 1 aromatic carbocycles. The molecule has 23 heavy (non-hydrogen) atoms. The first-order chi connectivity index (χ1) is 11.0. The Hall–Kier alpha value is -1.52. The molecule has 0 saturated carbocycles. The van der Waals surface area contributed by atoms with Gasteiger partial charge in [-0.15, -0.1) is 0 Å². The Labute approximate surface area is 145 Å². The topological polar surface area (TPSA) is 25.2 Å². The van der Waals surface area contributed by atoms with Crippen molar-refractivity contribution < 1.29 is 9.18 Å². The van der Waals surface area contributed by atoms with Gasteiger partial charge in [-0.3, -0.25) is 4.79 Å². The summed E-state index contributed by atoms with van der Waals surface area (Å²) in [5.74, 6) is -0.556. The van der Waals surface area contributed by atoms with Crippen molar-refractivity contribution in [2.45, 2.75) is 31.3 Å². The molecule has 0 saturated heterocycles. The summed E-state index contributed by atoms with van der Waals surface area (Å²) in [5, 5.41) is 0. The maximum absolute atomic E-state index is 13.3. The molecule has 2 rings (SSSR count). The summed E-state index contributed by atoms with van der Waals surface area (Å²) in [6, 6.07) is 10.3. The number of hydrogen-bond donors (Lipinski definition) is 0.